The van der Waals surface area contributed by atoms with E-state index in [9.17, 15) is 14.4 Å². The zero-order valence-electron chi connectivity index (χ0n) is 18.1. The summed E-state index contributed by atoms with van der Waals surface area (Å²) in [5.41, 5.74) is 3.60. The van der Waals surface area contributed by atoms with Crippen LogP contribution < -0.4 is 4.90 Å². The van der Waals surface area contributed by atoms with Crippen LogP contribution >= 0.6 is 11.3 Å². The lowest BCUT2D eigenvalue weighted by molar-refractivity contribution is -0.138. The average Bonchev–Trinajstić information content (AvgIpc) is 3.28. The second kappa shape index (κ2) is 8.23. The van der Waals surface area contributed by atoms with Crippen LogP contribution in [0.2, 0.25) is 0 Å². The molecule has 3 aromatic rings. The Morgan fingerprint density at radius 1 is 1.23 bits per heavy atom. The Labute approximate surface area is 185 Å². The van der Waals surface area contributed by atoms with Gasteiger partial charge >= 0.3 is 0 Å². The molecule has 4 rings (SSSR count). The second-order valence-corrected chi connectivity index (χ2v) is 9.04. The summed E-state index contributed by atoms with van der Waals surface area (Å²) in [6, 6.07) is 12.6. The molecule has 160 valence electrons. The number of aromatic nitrogens is 1. The van der Waals surface area contributed by atoms with Crippen LogP contribution in [0.3, 0.4) is 0 Å². The number of carbonyl (C=O) groups is 3. The number of aryl methyl sites for hydroxylation is 1. The second-order valence-electron chi connectivity index (χ2n) is 8.01. The van der Waals surface area contributed by atoms with Crippen molar-refractivity contribution in [2.24, 2.45) is 0 Å². The Balaban J connectivity index is 1.60. The fourth-order valence-corrected chi connectivity index (χ4v) is 5.12. The summed E-state index contributed by atoms with van der Waals surface area (Å²) >= 11 is 1.61. The van der Waals surface area contributed by atoms with Gasteiger partial charge in [0.2, 0.25) is 11.8 Å². The predicted octanol–water partition coefficient (Wildman–Crippen LogP) is 4.55. The van der Waals surface area contributed by atoms with Crippen molar-refractivity contribution in [3.8, 4) is 10.6 Å². The number of fused-ring (bicyclic) bond motifs is 1. The van der Waals surface area contributed by atoms with E-state index in [0.717, 1.165) is 20.8 Å². The van der Waals surface area contributed by atoms with Gasteiger partial charge in [-0.2, -0.15) is 0 Å². The summed E-state index contributed by atoms with van der Waals surface area (Å²) in [6.45, 7) is 7.36. The summed E-state index contributed by atoms with van der Waals surface area (Å²) in [4.78, 5) is 45.4. The van der Waals surface area contributed by atoms with Crippen molar-refractivity contribution < 1.29 is 14.4 Å². The molecule has 1 aliphatic rings. The number of hydrogen-bond donors (Lipinski definition) is 0. The average molecular weight is 436 g/mol. The maximum Gasteiger partial charge on any atom is 0.257 e. The molecule has 7 heteroatoms. The highest BCUT2D eigenvalue weighted by Crippen LogP contribution is 2.33. The van der Waals surface area contributed by atoms with Gasteiger partial charge in [-0.05, 0) is 62.2 Å². The molecule has 2 heterocycles. The molecule has 0 spiro atoms. The minimum absolute atomic E-state index is 0.0156. The van der Waals surface area contributed by atoms with Crippen molar-refractivity contribution in [1.82, 2.24) is 9.88 Å². The van der Waals surface area contributed by atoms with Crippen molar-refractivity contribution in [3.63, 3.8) is 0 Å². The minimum atomic E-state index is -0.743. The first-order chi connectivity index (χ1) is 14.8. The maximum absolute atomic E-state index is 13.1. The topological polar surface area (TPSA) is 70.6 Å². The predicted molar refractivity (Wildman–Crippen MR) is 123 cm³/mol. The largest absolute Gasteiger partial charge is 0.328 e. The third-order valence-electron chi connectivity index (χ3n) is 5.80. The lowest BCUT2D eigenvalue weighted by Gasteiger charge is -2.31. The van der Waals surface area contributed by atoms with E-state index in [1.54, 1.807) is 23.5 Å². The maximum atomic E-state index is 13.1. The van der Waals surface area contributed by atoms with Crippen molar-refractivity contribution in [1.29, 1.82) is 0 Å². The number of benzene rings is 2. The molecule has 31 heavy (non-hydrogen) atoms. The zero-order valence-corrected chi connectivity index (χ0v) is 18.9. The van der Waals surface area contributed by atoms with Crippen LogP contribution in [0.25, 0.3) is 20.8 Å². The van der Waals surface area contributed by atoms with Crippen molar-refractivity contribution in [2.75, 3.05) is 4.90 Å². The zero-order chi connectivity index (χ0) is 22.3. The number of rotatable bonds is 5. The summed E-state index contributed by atoms with van der Waals surface area (Å²) in [7, 11) is 0. The third kappa shape index (κ3) is 3.85. The molecule has 6 nitrogen and oxygen atoms in total. The van der Waals surface area contributed by atoms with Gasteiger partial charge in [0.25, 0.3) is 5.91 Å². The minimum Gasteiger partial charge on any atom is -0.328 e. The number of amides is 3. The number of thiazole rings is 1. The Morgan fingerprint density at radius 3 is 2.58 bits per heavy atom. The van der Waals surface area contributed by atoms with E-state index in [4.69, 9.17) is 4.98 Å². The van der Waals surface area contributed by atoms with Crippen LogP contribution in [0.5, 0.6) is 0 Å². The fraction of sp³-hybridized carbons (Fsp3) is 0.333. The molecule has 2 atom stereocenters. The van der Waals surface area contributed by atoms with Crippen molar-refractivity contribution in [3.05, 3.63) is 48.0 Å². The van der Waals surface area contributed by atoms with Crippen LogP contribution in [-0.4, -0.2) is 39.7 Å². The summed E-state index contributed by atoms with van der Waals surface area (Å²) in [5.74, 6) is -0.819. The van der Waals surface area contributed by atoms with Gasteiger partial charge in [-0.3, -0.25) is 14.4 Å². The molecule has 0 N–H and O–H groups in total. The summed E-state index contributed by atoms with van der Waals surface area (Å²) in [6.07, 6.45) is 0.732. The van der Waals surface area contributed by atoms with Gasteiger partial charge in [0, 0.05) is 18.5 Å². The van der Waals surface area contributed by atoms with Gasteiger partial charge in [0.15, 0.2) is 0 Å². The van der Waals surface area contributed by atoms with Gasteiger partial charge in [-0.25, -0.2) is 9.88 Å². The first-order valence-electron chi connectivity index (χ1n) is 10.4. The lowest BCUT2D eigenvalue weighted by atomic mass is 10.1. The Bertz CT molecular complexity index is 1170. The van der Waals surface area contributed by atoms with E-state index in [-0.39, 0.29) is 30.2 Å². The quantitative estimate of drug-likeness (QED) is 0.551. The molecule has 2 aromatic carbocycles. The normalized spacial score (nSPS) is 17.4. The van der Waals surface area contributed by atoms with Crippen molar-refractivity contribution >= 4 is 45.0 Å². The highest BCUT2D eigenvalue weighted by Gasteiger charge is 2.44. The molecular formula is C24H25N3O3S. The molecule has 0 saturated carbocycles. The Kier molecular flexibility index (Phi) is 5.62. The fourth-order valence-electron chi connectivity index (χ4n) is 4.05. The number of carbonyl (C=O) groups excluding carboxylic acids is 3. The number of anilines is 1. The standard InChI is InChI=1S/C24H25N3O3S/c1-5-15(3)26(16(4)28)20-13-22(29)27(24(20)30)18-9-7-17(8-10-18)23-25-19-11-6-14(2)12-21(19)31-23/h6-12,15,20H,5,13H2,1-4H3. The first-order valence-corrected chi connectivity index (χ1v) is 11.2. The molecule has 0 aliphatic carbocycles. The van der Waals surface area contributed by atoms with E-state index >= 15 is 0 Å². The van der Waals surface area contributed by atoms with Crippen LogP contribution in [0.15, 0.2) is 42.5 Å². The Hall–Kier alpha value is -3.06. The van der Waals surface area contributed by atoms with E-state index < -0.39 is 6.04 Å². The smallest absolute Gasteiger partial charge is 0.257 e. The molecule has 0 radical (unpaired) electrons. The van der Waals surface area contributed by atoms with Gasteiger partial charge in [-0.1, -0.05) is 13.0 Å². The van der Waals surface area contributed by atoms with Gasteiger partial charge in [0.05, 0.1) is 22.3 Å². The SMILES string of the molecule is CCC(C)N(C(C)=O)C1CC(=O)N(c2ccc(-c3nc4ccc(C)cc4s3)cc2)C1=O. The number of imide groups is 1. The monoisotopic (exact) mass is 435 g/mol. The summed E-state index contributed by atoms with van der Waals surface area (Å²) < 4.78 is 1.13. The lowest BCUT2D eigenvalue weighted by Crippen LogP contribution is -2.48. The molecule has 3 amide bonds. The highest BCUT2D eigenvalue weighted by atomic mass is 32.1. The van der Waals surface area contributed by atoms with Crippen LogP contribution in [-0.2, 0) is 14.4 Å². The van der Waals surface area contributed by atoms with Crippen LogP contribution in [0.1, 0.15) is 39.2 Å². The molecular weight excluding hydrogens is 410 g/mol. The van der Waals surface area contributed by atoms with Crippen LogP contribution in [0, 0.1) is 6.92 Å². The number of nitrogens with zero attached hydrogens (tertiary/aromatic N) is 3. The van der Waals surface area contributed by atoms with E-state index in [1.807, 2.05) is 38.1 Å². The highest BCUT2D eigenvalue weighted by molar-refractivity contribution is 7.21. The summed E-state index contributed by atoms with van der Waals surface area (Å²) in [5, 5.41) is 0.892. The van der Waals surface area contributed by atoms with Gasteiger partial charge in [-0.15, -0.1) is 11.3 Å². The van der Waals surface area contributed by atoms with E-state index in [0.29, 0.717) is 12.1 Å². The molecule has 1 aliphatic heterocycles. The molecule has 1 fully saturated rings. The van der Waals surface area contributed by atoms with Crippen LogP contribution in [0.4, 0.5) is 5.69 Å². The Morgan fingerprint density at radius 2 is 1.94 bits per heavy atom. The molecule has 1 saturated heterocycles. The first kappa shape index (κ1) is 21.2. The number of hydrogen-bond acceptors (Lipinski definition) is 5. The van der Waals surface area contributed by atoms with E-state index in [1.165, 1.54) is 22.3 Å². The molecule has 1 aromatic heterocycles. The molecule has 2 unspecified atom stereocenters. The molecule has 0 bridgehead atoms. The third-order valence-corrected chi connectivity index (χ3v) is 6.87. The van der Waals surface area contributed by atoms with E-state index in [2.05, 4.69) is 13.0 Å². The van der Waals surface area contributed by atoms with Gasteiger partial charge in [0.1, 0.15) is 11.0 Å². The van der Waals surface area contributed by atoms with Crippen molar-refractivity contribution in [2.45, 2.75) is 52.6 Å². The van der Waals surface area contributed by atoms with Gasteiger partial charge < -0.3 is 4.90 Å².